The molecule has 0 N–H and O–H groups in total. The van der Waals surface area contributed by atoms with Gasteiger partial charge in [0.1, 0.15) is 23.2 Å². The topological polar surface area (TPSA) is 97.1 Å². The SMILES string of the molecule is N#C/C(=C\c1ccc(-c2ccc([N+](=O)[O-])cc2)o1)C(=O)c1cccs1. The van der Waals surface area contributed by atoms with Gasteiger partial charge in [0.25, 0.3) is 5.69 Å². The third kappa shape index (κ3) is 3.54. The summed E-state index contributed by atoms with van der Waals surface area (Å²) in [5.41, 5.74) is 0.629. The van der Waals surface area contributed by atoms with Gasteiger partial charge in [-0.2, -0.15) is 5.26 Å². The van der Waals surface area contributed by atoms with Gasteiger partial charge in [0, 0.05) is 23.8 Å². The van der Waals surface area contributed by atoms with Crippen molar-refractivity contribution in [3.05, 3.63) is 80.2 Å². The van der Waals surface area contributed by atoms with Gasteiger partial charge in [0.05, 0.1) is 9.80 Å². The molecule has 0 unspecified atom stereocenters. The number of nitrogens with zero attached hydrogens (tertiary/aromatic N) is 2. The number of nitro groups is 1. The summed E-state index contributed by atoms with van der Waals surface area (Å²) < 4.78 is 5.62. The van der Waals surface area contributed by atoms with Gasteiger partial charge < -0.3 is 4.42 Å². The number of allylic oxidation sites excluding steroid dienone is 1. The summed E-state index contributed by atoms with van der Waals surface area (Å²) in [5, 5.41) is 21.7. The molecule has 3 rings (SSSR count). The average Bonchev–Trinajstić information content (AvgIpc) is 3.31. The quantitative estimate of drug-likeness (QED) is 0.218. The van der Waals surface area contributed by atoms with Crippen LogP contribution in [-0.4, -0.2) is 10.7 Å². The first kappa shape index (κ1) is 16.4. The van der Waals surface area contributed by atoms with Crippen molar-refractivity contribution in [2.24, 2.45) is 0 Å². The number of ketones is 1. The third-order valence-corrected chi connectivity index (χ3v) is 4.25. The average molecular weight is 350 g/mol. The number of carbonyl (C=O) groups excluding carboxylic acids is 1. The van der Waals surface area contributed by atoms with Crippen LogP contribution in [0.15, 0.2) is 63.9 Å². The summed E-state index contributed by atoms with van der Waals surface area (Å²) in [5.74, 6) is 0.489. The van der Waals surface area contributed by atoms with Crippen molar-refractivity contribution >= 4 is 28.9 Å². The number of benzene rings is 1. The molecule has 25 heavy (non-hydrogen) atoms. The van der Waals surface area contributed by atoms with Gasteiger partial charge in [0.2, 0.25) is 5.78 Å². The molecule has 0 saturated carbocycles. The molecule has 0 aliphatic rings. The highest BCUT2D eigenvalue weighted by Gasteiger charge is 2.14. The van der Waals surface area contributed by atoms with E-state index in [1.165, 1.54) is 29.5 Å². The molecule has 0 fully saturated rings. The lowest BCUT2D eigenvalue weighted by Crippen LogP contribution is -1.98. The van der Waals surface area contributed by atoms with E-state index in [0.29, 0.717) is 22.0 Å². The molecule has 2 aromatic heterocycles. The van der Waals surface area contributed by atoms with Crippen LogP contribution < -0.4 is 0 Å². The second-order valence-electron chi connectivity index (χ2n) is 4.98. The highest BCUT2D eigenvalue weighted by molar-refractivity contribution is 7.12. The Balaban J connectivity index is 1.86. The fraction of sp³-hybridized carbons (Fsp3) is 0. The summed E-state index contributed by atoms with van der Waals surface area (Å²) >= 11 is 1.26. The molecule has 0 radical (unpaired) electrons. The third-order valence-electron chi connectivity index (χ3n) is 3.39. The molecule has 0 atom stereocenters. The van der Waals surface area contributed by atoms with Crippen LogP contribution in [0.3, 0.4) is 0 Å². The van der Waals surface area contributed by atoms with Crippen LogP contribution in [0.1, 0.15) is 15.4 Å². The van der Waals surface area contributed by atoms with Crippen molar-refractivity contribution in [1.82, 2.24) is 0 Å². The zero-order valence-corrected chi connectivity index (χ0v) is 13.5. The maximum Gasteiger partial charge on any atom is 0.269 e. The van der Waals surface area contributed by atoms with Gasteiger partial charge in [-0.25, -0.2) is 0 Å². The molecule has 0 aliphatic heterocycles. The van der Waals surface area contributed by atoms with Crippen LogP contribution in [0.25, 0.3) is 17.4 Å². The largest absolute Gasteiger partial charge is 0.457 e. The Morgan fingerprint density at radius 3 is 2.56 bits per heavy atom. The number of hydrogen-bond donors (Lipinski definition) is 0. The van der Waals surface area contributed by atoms with Crippen LogP contribution in [0, 0.1) is 21.4 Å². The van der Waals surface area contributed by atoms with Gasteiger partial charge in [-0.05, 0) is 35.7 Å². The summed E-state index contributed by atoms with van der Waals surface area (Å²) in [7, 11) is 0. The molecule has 0 aliphatic carbocycles. The van der Waals surface area contributed by atoms with Gasteiger partial charge >= 0.3 is 0 Å². The second-order valence-corrected chi connectivity index (χ2v) is 5.93. The van der Waals surface area contributed by atoms with Gasteiger partial charge in [-0.3, -0.25) is 14.9 Å². The minimum absolute atomic E-state index is 0.0104. The molecule has 0 amide bonds. The maximum atomic E-state index is 12.2. The van der Waals surface area contributed by atoms with E-state index in [-0.39, 0.29) is 17.0 Å². The number of Topliss-reactive ketones (excluding diaryl/α,β-unsaturated/α-hetero) is 1. The van der Waals surface area contributed by atoms with Crippen LogP contribution in [0.5, 0.6) is 0 Å². The van der Waals surface area contributed by atoms with E-state index in [0.717, 1.165) is 0 Å². The lowest BCUT2D eigenvalue weighted by atomic mass is 10.1. The Hall–Kier alpha value is -3.50. The number of non-ortho nitro benzene ring substituents is 1. The van der Waals surface area contributed by atoms with E-state index in [2.05, 4.69) is 0 Å². The Morgan fingerprint density at radius 2 is 1.96 bits per heavy atom. The number of nitro benzene ring substituents is 1. The molecule has 1 aromatic carbocycles. The normalized spacial score (nSPS) is 11.1. The van der Waals surface area contributed by atoms with Crippen molar-refractivity contribution in [2.45, 2.75) is 0 Å². The summed E-state index contributed by atoms with van der Waals surface area (Å²) in [4.78, 5) is 22.9. The molecule has 0 spiro atoms. The number of furan rings is 1. The Bertz CT molecular complexity index is 993. The lowest BCUT2D eigenvalue weighted by molar-refractivity contribution is -0.384. The predicted molar refractivity (Wildman–Crippen MR) is 93.0 cm³/mol. The van der Waals surface area contributed by atoms with Gasteiger partial charge in [0.15, 0.2) is 0 Å². The molecular weight excluding hydrogens is 340 g/mol. The fourth-order valence-corrected chi connectivity index (χ4v) is 2.84. The molecule has 0 bridgehead atoms. The van der Waals surface area contributed by atoms with Crippen molar-refractivity contribution in [2.75, 3.05) is 0 Å². The van der Waals surface area contributed by atoms with E-state index in [1.54, 1.807) is 41.8 Å². The molecular formula is C18H10N2O4S. The van der Waals surface area contributed by atoms with Crippen molar-refractivity contribution in [3.63, 3.8) is 0 Å². The van der Waals surface area contributed by atoms with E-state index in [9.17, 15) is 20.2 Å². The fourth-order valence-electron chi connectivity index (χ4n) is 2.16. The summed E-state index contributed by atoms with van der Waals surface area (Å²) in [6.45, 7) is 0. The molecule has 3 aromatic rings. The highest BCUT2D eigenvalue weighted by atomic mass is 32.1. The minimum Gasteiger partial charge on any atom is -0.457 e. The van der Waals surface area contributed by atoms with E-state index in [4.69, 9.17) is 4.42 Å². The Morgan fingerprint density at radius 1 is 1.20 bits per heavy atom. The summed E-state index contributed by atoms with van der Waals surface area (Å²) in [6, 6.07) is 14.5. The van der Waals surface area contributed by atoms with E-state index >= 15 is 0 Å². The van der Waals surface area contributed by atoms with Crippen LogP contribution in [-0.2, 0) is 0 Å². The second kappa shape index (κ2) is 6.95. The van der Waals surface area contributed by atoms with Gasteiger partial charge in [-0.1, -0.05) is 6.07 Å². The highest BCUT2D eigenvalue weighted by Crippen LogP contribution is 2.26. The number of nitriles is 1. The molecule has 2 heterocycles. The van der Waals surface area contributed by atoms with Gasteiger partial charge in [-0.15, -0.1) is 11.3 Å². The first-order valence-corrected chi connectivity index (χ1v) is 8.01. The standard InChI is InChI=1S/C18H10N2O4S/c19-11-13(18(21)17-2-1-9-25-17)10-15-7-8-16(24-15)12-3-5-14(6-4-12)20(22)23/h1-10H/b13-10+. The number of hydrogen-bond acceptors (Lipinski definition) is 6. The summed E-state index contributed by atoms with van der Waals surface area (Å²) in [6.07, 6.45) is 1.39. The van der Waals surface area contributed by atoms with Crippen molar-refractivity contribution in [1.29, 1.82) is 5.26 Å². The van der Waals surface area contributed by atoms with Crippen molar-refractivity contribution < 1.29 is 14.1 Å². The van der Waals surface area contributed by atoms with E-state index < -0.39 is 4.92 Å². The van der Waals surface area contributed by atoms with E-state index in [1.807, 2.05) is 6.07 Å². The maximum absolute atomic E-state index is 12.2. The first-order valence-electron chi connectivity index (χ1n) is 7.13. The number of rotatable bonds is 5. The molecule has 7 heteroatoms. The first-order chi connectivity index (χ1) is 12.1. The van der Waals surface area contributed by atoms with Crippen LogP contribution in [0.2, 0.25) is 0 Å². The number of thiophene rings is 1. The number of carbonyl (C=O) groups is 1. The minimum atomic E-state index is -0.477. The lowest BCUT2D eigenvalue weighted by Gasteiger charge is -1.97. The monoisotopic (exact) mass is 350 g/mol. The predicted octanol–water partition coefficient (Wildman–Crippen LogP) is 4.71. The molecule has 0 saturated heterocycles. The zero-order valence-electron chi connectivity index (χ0n) is 12.7. The Kier molecular flexibility index (Phi) is 4.55. The molecule has 122 valence electrons. The van der Waals surface area contributed by atoms with Crippen LogP contribution >= 0.6 is 11.3 Å². The smallest absolute Gasteiger partial charge is 0.269 e. The Labute approximate surface area is 146 Å². The van der Waals surface area contributed by atoms with Crippen molar-refractivity contribution in [3.8, 4) is 17.4 Å². The zero-order chi connectivity index (χ0) is 17.8. The molecule has 6 nitrogen and oxygen atoms in total. The van der Waals surface area contributed by atoms with Crippen LogP contribution in [0.4, 0.5) is 5.69 Å².